The van der Waals surface area contributed by atoms with Crippen LogP contribution in [0, 0.1) is 27.7 Å². The standard InChI is InChI=1S/C15H18N.2ClH.Cr/c1-10-11(2)13(4)15(12(10)3)9-14-7-5-6-8-16-14;;;/h5-8H,9H2,1-4H3;2*1H;/q-1;;;+3/p-2. The average molecular weight is 335 g/mol. The van der Waals surface area contributed by atoms with Gasteiger partial charge in [0.15, 0.2) is 0 Å². The minimum absolute atomic E-state index is 0. The fourth-order valence-electron chi connectivity index (χ4n) is 2.25. The largest absolute Gasteiger partial charge is 3.00 e. The Labute approximate surface area is 139 Å². The molecule has 0 aliphatic rings. The molecule has 1 aromatic heterocycles. The van der Waals surface area contributed by atoms with Gasteiger partial charge in [-0.2, -0.15) is 27.8 Å². The predicted octanol–water partition coefficient (Wildman–Crippen LogP) is -2.37. The number of nitrogens with zero attached hydrogens (tertiary/aromatic N) is 1. The molecule has 0 unspecified atom stereocenters. The van der Waals surface area contributed by atoms with Gasteiger partial charge in [-0.15, -0.1) is 0 Å². The van der Waals surface area contributed by atoms with Crippen LogP contribution in [-0.2, 0) is 23.8 Å². The Kier molecular flexibility index (Phi) is 9.60. The van der Waals surface area contributed by atoms with E-state index in [0.717, 1.165) is 12.1 Å². The van der Waals surface area contributed by atoms with Gasteiger partial charge in [0.25, 0.3) is 0 Å². The van der Waals surface area contributed by atoms with Gasteiger partial charge in [-0.3, -0.25) is 4.98 Å². The molecule has 2 aromatic rings. The third-order valence-electron chi connectivity index (χ3n) is 3.68. The summed E-state index contributed by atoms with van der Waals surface area (Å²) in [6.45, 7) is 8.85. The van der Waals surface area contributed by atoms with E-state index in [4.69, 9.17) is 0 Å². The Balaban J connectivity index is 0. The molecule has 0 saturated heterocycles. The van der Waals surface area contributed by atoms with Gasteiger partial charge in [-0.05, 0) is 18.6 Å². The van der Waals surface area contributed by atoms with Crippen LogP contribution < -0.4 is 24.8 Å². The molecule has 0 N–H and O–H groups in total. The van der Waals surface area contributed by atoms with Gasteiger partial charge >= 0.3 is 17.4 Å². The zero-order valence-corrected chi connectivity index (χ0v) is 14.4. The number of hydrogen-bond donors (Lipinski definition) is 0. The smallest absolute Gasteiger partial charge is 1.00 e. The van der Waals surface area contributed by atoms with Crippen LogP contribution in [0.2, 0.25) is 0 Å². The molecule has 0 spiro atoms. The molecule has 0 bridgehead atoms. The molecule has 0 saturated carbocycles. The van der Waals surface area contributed by atoms with E-state index in [2.05, 4.69) is 44.8 Å². The van der Waals surface area contributed by atoms with Crippen molar-refractivity contribution in [1.29, 1.82) is 0 Å². The van der Waals surface area contributed by atoms with Crippen LogP contribution in [0.1, 0.15) is 33.5 Å². The van der Waals surface area contributed by atoms with Crippen molar-refractivity contribution in [2.75, 3.05) is 0 Å². The first-order valence-electron chi connectivity index (χ1n) is 5.73. The van der Waals surface area contributed by atoms with Crippen LogP contribution >= 0.6 is 0 Å². The van der Waals surface area contributed by atoms with Crippen molar-refractivity contribution in [3.8, 4) is 0 Å². The number of hydrogen-bond acceptors (Lipinski definition) is 1. The molecular weight excluding hydrogens is 317 g/mol. The van der Waals surface area contributed by atoms with Crippen molar-refractivity contribution >= 4 is 0 Å². The molecule has 19 heavy (non-hydrogen) atoms. The normalized spacial score (nSPS) is 9.05. The van der Waals surface area contributed by atoms with Crippen LogP contribution in [0.15, 0.2) is 24.4 Å². The van der Waals surface area contributed by atoms with Gasteiger partial charge in [-0.25, -0.2) is 0 Å². The molecular formula is C15H18Cl2CrN. The van der Waals surface area contributed by atoms with E-state index in [1.54, 1.807) is 0 Å². The van der Waals surface area contributed by atoms with Gasteiger partial charge in [0, 0.05) is 11.9 Å². The van der Waals surface area contributed by atoms with E-state index < -0.39 is 0 Å². The van der Waals surface area contributed by atoms with Gasteiger partial charge in [0.2, 0.25) is 0 Å². The van der Waals surface area contributed by atoms with E-state index in [-0.39, 0.29) is 42.2 Å². The maximum atomic E-state index is 4.40. The molecule has 1 radical (unpaired) electrons. The topological polar surface area (TPSA) is 12.9 Å². The van der Waals surface area contributed by atoms with Crippen LogP contribution in [0.4, 0.5) is 0 Å². The molecule has 0 aliphatic heterocycles. The van der Waals surface area contributed by atoms with Crippen molar-refractivity contribution in [3.05, 3.63) is 57.9 Å². The molecule has 1 nitrogen and oxygen atoms in total. The second-order valence-corrected chi connectivity index (χ2v) is 4.48. The average Bonchev–Trinajstić information content (AvgIpc) is 2.48. The molecule has 103 valence electrons. The van der Waals surface area contributed by atoms with Crippen molar-refractivity contribution in [2.24, 2.45) is 0 Å². The third kappa shape index (κ3) is 4.30. The van der Waals surface area contributed by atoms with Crippen molar-refractivity contribution < 1.29 is 42.2 Å². The van der Waals surface area contributed by atoms with Crippen molar-refractivity contribution in [1.82, 2.24) is 4.98 Å². The SMILES string of the molecule is Cc1c(C)c(Cc2ccccn2)[c-](C)c1C.[Cl-].[Cl-].[Cr+3]. The number of halogens is 2. The first-order valence-corrected chi connectivity index (χ1v) is 5.73. The van der Waals surface area contributed by atoms with Crippen molar-refractivity contribution in [2.45, 2.75) is 34.1 Å². The minimum Gasteiger partial charge on any atom is -1.00 e. The van der Waals surface area contributed by atoms with E-state index in [0.29, 0.717) is 0 Å². The van der Waals surface area contributed by atoms with Gasteiger partial charge in [0.05, 0.1) is 0 Å². The zero-order valence-electron chi connectivity index (χ0n) is 11.6. The van der Waals surface area contributed by atoms with Crippen molar-refractivity contribution in [3.63, 3.8) is 0 Å². The summed E-state index contributed by atoms with van der Waals surface area (Å²) in [7, 11) is 0. The van der Waals surface area contributed by atoms with E-state index in [1.165, 1.54) is 27.8 Å². The van der Waals surface area contributed by atoms with Gasteiger partial charge in [0.1, 0.15) is 0 Å². The van der Waals surface area contributed by atoms with Crippen LogP contribution in [-0.4, -0.2) is 4.98 Å². The molecule has 1 aromatic carbocycles. The first kappa shape index (κ1) is 20.9. The molecule has 0 aliphatic carbocycles. The van der Waals surface area contributed by atoms with Crippen LogP contribution in [0.5, 0.6) is 0 Å². The van der Waals surface area contributed by atoms with E-state index in [1.807, 2.05) is 12.3 Å². The maximum absolute atomic E-state index is 4.40. The number of aromatic nitrogens is 1. The summed E-state index contributed by atoms with van der Waals surface area (Å²) in [5.41, 5.74) is 8.33. The Morgan fingerprint density at radius 2 is 1.68 bits per heavy atom. The summed E-state index contributed by atoms with van der Waals surface area (Å²) < 4.78 is 0. The molecule has 1 heterocycles. The van der Waals surface area contributed by atoms with E-state index in [9.17, 15) is 0 Å². The fourth-order valence-corrected chi connectivity index (χ4v) is 2.25. The quantitative estimate of drug-likeness (QED) is 0.559. The third-order valence-corrected chi connectivity index (χ3v) is 3.68. The second-order valence-electron chi connectivity index (χ2n) is 4.48. The van der Waals surface area contributed by atoms with Crippen LogP contribution in [0.25, 0.3) is 0 Å². The maximum Gasteiger partial charge on any atom is 3.00 e. The Morgan fingerprint density at radius 1 is 1.05 bits per heavy atom. The molecule has 2 rings (SSSR count). The number of pyridine rings is 1. The summed E-state index contributed by atoms with van der Waals surface area (Å²) in [4.78, 5) is 4.40. The van der Waals surface area contributed by atoms with Crippen LogP contribution in [0.3, 0.4) is 0 Å². The Bertz CT molecular complexity index is 481. The monoisotopic (exact) mass is 334 g/mol. The fraction of sp³-hybridized carbons (Fsp3) is 0.333. The molecule has 0 fully saturated rings. The molecule has 4 heteroatoms. The zero-order chi connectivity index (χ0) is 11.7. The van der Waals surface area contributed by atoms with Gasteiger partial charge in [-0.1, -0.05) is 33.8 Å². The summed E-state index contributed by atoms with van der Waals surface area (Å²) in [6, 6.07) is 6.11. The Hall–Kier alpha value is -0.388. The minimum atomic E-state index is 0. The van der Waals surface area contributed by atoms with Gasteiger partial charge < -0.3 is 24.8 Å². The summed E-state index contributed by atoms with van der Waals surface area (Å²) in [5.74, 6) is 0. The Morgan fingerprint density at radius 3 is 2.11 bits per heavy atom. The molecule has 0 amide bonds. The predicted molar refractivity (Wildman–Crippen MR) is 68.0 cm³/mol. The molecule has 0 atom stereocenters. The summed E-state index contributed by atoms with van der Waals surface area (Å²) in [5, 5.41) is 0. The summed E-state index contributed by atoms with van der Waals surface area (Å²) in [6.07, 6.45) is 2.82. The van der Waals surface area contributed by atoms with E-state index >= 15 is 0 Å². The number of rotatable bonds is 2. The second kappa shape index (κ2) is 8.72. The first-order chi connectivity index (χ1) is 7.61. The summed E-state index contributed by atoms with van der Waals surface area (Å²) >= 11 is 0.